The van der Waals surface area contributed by atoms with Crippen LogP contribution in [-0.4, -0.2) is 86.0 Å². The molecule has 0 fully saturated rings. The first kappa shape index (κ1) is 33.0. The van der Waals surface area contributed by atoms with Gasteiger partial charge >= 0.3 is 22.1 Å². The van der Waals surface area contributed by atoms with Crippen LogP contribution in [0.25, 0.3) is 0 Å². The molecule has 0 aliphatic heterocycles. The van der Waals surface area contributed by atoms with Gasteiger partial charge in [0, 0.05) is 10.4 Å². The molecule has 6 N–H and O–H groups in total. The third-order valence-electron chi connectivity index (χ3n) is 2.99. The smallest absolute Gasteiger partial charge is 0.759 e. The molecule has 16 nitrogen and oxygen atoms in total. The molecule has 0 unspecified atom stereocenters. The summed E-state index contributed by atoms with van der Waals surface area (Å²) in [4.78, 5) is 19.8. The summed E-state index contributed by atoms with van der Waals surface area (Å²) in [6.45, 7) is 0. The van der Waals surface area contributed by atoms with E-state index in [9.17, 15) is 26.4 Å². The van der Waals surface area contributed by atoms with Gasteiger partial charge in [-0.2, -0.15) is 16.8 Å². The van der Waals surface area contributed by atoms with Gasteiger partial charge in [-0.15, -0.1) is 0 Å². The minimum absolute atomic E-state index is 0. The fourth-order valence-corrected chi connectivity index (χ4v) is 2.71. The van der Waals surface area contributed by atoms with Gasteiger partial charge in [0.05, 0.1) is 9.79 Å². The summed E-state index contributed by atoms with van der Waals surface area (Å²) in [5, 5.41) is 35.1. The van der Waals surface area contributed by atoms with Crippen molar-refractivity contribution in [3.63, 3.8) is 0 Å². The number of carboxylic acid groups (broad SMARTS) is 2. The second kappa shape index (κ2) is 12.3. The Kier molecular flexibility index (Phi) is 12.0. The zero-order chi connectivity index (χ0) is 26.4. The van der Waals surface area contributed by atoms with Crippen molar-refractivity contribution < 1.29 is 73.5 Å². The molecule has 34 heavy (non-hydrogen) atoms. The number of aromatic carboxylic acids is 2. The van der Waals surface area contributed by atoms with Crippen molar-refractivity contribution >= 4 is 52.7 Å². The third-order valence-corrected chi connectivity index (χ3v) is 4.69. The maximum absolute atomic E-state index is 10.6. The minimum atomic E-state index is -5.17. The largest absolute Gasteiger partial charge is 2.00 e. The molecule has 0 aromatic heterocycles. The Morgan fingerprint density at radius 2 is 0.882 bits per heavy atom. The van der Waals surface area contributed by atoms with Crippen LogP contribution in [0, 0.1) is 0 Å². The number of rotatable bonds is 4. The summed E-state index contributed by atoms with van der Waals surface area (Å²) in [6.07, 6.45) is 0. The molecule has 0 saturated heterocycles. The molecule has 0 aliphatic carbocycles. The van der Waals surface area contributed by atoms with E-state index in [0.29, 0.717) is 12.1 Å². The van der Waals surface area contributed by atoms with Crippen LogP contribution in [0.5, 0.6) is 11.5 Å². The Hall–Kier alpha value is -3.16. The maximum Gasteiger partial charge on any atom is 2.00 e. The fraction of sp³-hybridized carbons (Fsp3) is 0. The second-order valence-corrected chi connectivity index (χ2v) is 8.99. The molecule has 0 atom stereocenters. The van der Waals surface area contributed by atoms with E-state index in [1.165, 1.54) is 0 Å². The van der Waals surface area contributed by atoms with Gasteiger partial charge in [0.25, 0.3) is 20.2 Å². The van der Waals surface area contributed by atoms with E-state index in [1.54, 1.807) is 0 Å². The van der Waals surface area contributed by atoms with E-state index in [-0.39, 0.29) is 10.1 Å². The van der Waals surface area contributed by atoms with Crippen LogP contribution in [0.15, 0.2) is 46.2 Å². The van der Waals surface area contributed by atoms with E-state index < -0.39 is 75.0 Å². The monoisotopic (exact) mass is 541 g/mol. The molecule has 20 heteroatoms. The molecular formula is C14H12BeO16S3. The topological polar surface area (TPSA) is 304 Å². The number of phenols is 2. The molecule has 0 spiro atoms. The number of hydrogen-bond donors (Lipinski definition) is 6. The minimum Gasteiger partial charge on any atom is -0.759 e. The Bertz CT molecular complexity index is 1260. The van der Waals surface area contributed by atoms with E-state index in [2.05, 4.69) is 0 Å². The summed E-state index contributed by atoms with van der Waals surface area (Å²) >= 11 is 0. The molecular weight excluding hydrogens is 529 g/mol. The van der Waals surface area contributed by atoms with Crippen molar-refractivity contribution in [1.82, 2.24) is 0 Å². The average molecular weight is 541 g/mol. The van der Waals surface area contributed by atoms with Crippen molar-refractivity contribution in [2.45, 2.75) is 9.79 Å². The maximum atomic E-state index is 10.6. The second-order valence-electron chi connectivity index (χ2n) is 5.33. The molecule has 0 amide bonds. The molecule has 0 aliphatic rings. The zero-order valence-electron chi connectivity index (χ0n) is 16.2. The van der Waals surface area contributed by atoms with Crippen molar-refractivity contribution in [1.29, 1.82) is 0 Å². The Balaban J connectivity index is 0. The van der Waals surface area contributed by atoms with Crippen LogP contribution in [0.4, 0.5) is 0 Å². The van der Waals surface area contributed by atoms with E-state index in [4.69, 9.17) is 47.1 Å². The van der Waals surface area contributed by atoms with E-state index >= 15 is 0 Å². The summed E-state index contributed by atoms with van der Waals surface area (Å²) in [7, 11) is -14.1. The standard InChI is InChI=1S/2C7H6O6S.Be.H2O4S/c2*8-6-2-1-4(14(11,12)13)3-5(6)7(9)10;;1-5(2,3)4/h2*1-3,8H,(H,9,10)(H,11,12,13);;(H2,1,2,3,4)/q;;+2;/p-2. The number of benzene rings is 2. The van der Waals surface area contributed by atoms with E-state index in [1.807, 2.05) is 0 Å². The van der Waals surface area contributed by atoms with Crippen LogP contribution in [-0.2, 0) is 30.6 Å². The van der Waals surface area contributed by atoms with Crippen LogP contribution in [0.1, 0.15) is 20.7 Å². The van der Waals surface area contributed by atoms with Crippen molar-refractivity contribution in [2.75, 3.05) is 0 Å². The number of hydrogen-bond acceptors (Lipinski definition) is 12. The Morgan fingerprint density at radius 3 is 1.06 bits per heavy atom. The SMILES string of the molecule is O=C(O)c1cc(S(=O)(=O)O)ccc1O.O=C(O)c1cc(S(=O)(=O)O)ccc1O.O=S(=O)([O-])[O-].[Be+2]. The molecule has 2 aromatic rings. The van der Waals surface area contributed by atoms with Crippen molar-refractivity contribution in [3.05, 3.63) is 47.5 Å². The van der Waals surface area contributed by atoms with Gasteiger partial charge in [-0.25, -0.2) is 9.59 Å². The average Bonchev–Trinajstić information content (AvgIpc) is 2.59. The molecule has 0 saturated carbocycles. The predicted octanol–water partition coefficient (Wildman–Crippen LogP) is -1.04. The third kappa shape index (κ3) is 12.2. The van der Waals surface area contributed by atoms with Gasteiger partial charge < -0.3 is 29.5 Å². The number of aromatic hydroxyl groups is 2. The van der Waals surface area contributed by atoms with Gasteiger partial charge in [0.15, 0.2) is 0 Å². The van der Waals surface area contributed by atoms with Gasteiger partial charge in [0.1, 0.15) is 22.6 Å². The van der Waals surface area contributed by atoms with Crippen LogP contribution in [0.3, 0.4) is 0 Å². The zero-order valence-corrected chi connectivity index (χ0v) is 18.6. The first-order valence-electron chi connectivity index (χ1n) is 7.39. The quantitative estimate of drug-likeness (QED) is 0.153. The molecule has 0 radical (unpaired) electrons. The summed E-state index contributed by atoms with van der Waals surface area (Å²) < 4.78 is 93.7. The first-order valence-corrected chi connectivity index (χ1v) is 11.6. The van der Waals surface area contributed by atoms with Crippen LogP contribution in [0.2, 0.25) is 0 Å². The fourth-order valence-electron chi connectivity index (χ4n) is 1.69. The van der Waals surface area contributed by atoms with Crippen LogP contribution >= 0.6 is 0 Å². The molecule has 2 rings (SSSR count). The van der Waals surface area contributed by atoms with E-state index in [0.717, 1.165) is 24.3 Å². The molecule has 0 bridgehead atoms. The van der Waals surface area contributed by atoms with Crippen molar-refractivity contribution in [2.24, 2.45) is 0 Å². The number of carboxylic acids is 2. The van der Waals surface area contributed by atoms with Crippen LogP contribution < -0.4 is 0 Å². The Morgan fingerprint density at radius 1 is 0.647 bits per heavy atom. The van der Waals surface area contributed by atoms with Gasteiger partial charge in [0.2, 0.25) is 0 Å². The normalized spacial score (nSPS) is 10.9. The van der Waals surface area contributed by atoms with Gasteiger partial charge in [-0.3, -0.25) is 17.5 Å². The van der Waals surface area contributed by atoms with Gasteiger partial charge in [-0.1, -0.05) is 0 Å². The summed E-state index contributed by atoms with van der Waals surface area (Å²) in [6, 6.07) is 4.91. The summed E-state index contributed by atoms with van der Waals surface area (Å²) in [5.74, 6) is -4.09. The molecule has 2 aromatic carbocycles. The first-order chi connectivity index (χ1) is 14.6. The number of carbonyl (C=O) groups is 2. The van der Waals surface area contributed by atoms with Crippen molar-refractivity contribution in [3.8, 4) is 11.5 Å². The summed E-state index contributed by atoms with van der Waals surface area (Å²) in [5.41, 5.74) is -1.17. The Labute approximate surface area is 195 Å². The predicted molar refractivity (Wildman–Crippen MR) is 106 cm³/mol. The molecule has 184 valence electrons. The van der Waals surface area contributed by atoms with Gasteiger partial charge in [-0.05, 0) is 36.4 Å². The molecule has 0 heterocycles.